The van der Waals surface area contributed by atoms with Crippen LogP contribution >= 0.6 is 0 Å². The third-order valence-electron chi connectivity index (χ3n) is 5.37. The summed E-state index contributed by atoms with van der Waals surface area (Å²) in [5, 5.41) is 14.1. The van der Waals surface area contributed by atoms with Gasteiger partial charge in [0.15, 0.2) is 0 Å². The summed E-state index contributed by atoms with van der Waals surface area (Å²) in [5.74, 6) is -0.529. The topological polar surface area (TPSA) is 94.7 Å². The maximum Gasteiger partial charge on any atom is 0.250 e. The molecule has 26 heavy (non-hydrogen) atoms. The molecule has 2 aromatic carbocycles. The van der Waals surface area contributed by atoms with Gasteiger partial charge >= 0.3 is 0 Å². The fraction of sp³-hybridized carbons (Fsp3) is 0.238. The maximum atomic E-state index is 12.0. The first-order valence-corrected chi connectivity index (χ1v) is 8.70. The zero-order chi connectivity index (χ0) is 18.4. The Morgan fingerprint density at radius 2 is 2.12 bits per heavy atom. The van der Waals surface area contributed by atoms with Crippen molar-refractivity contribution in [3.63, 3.8) is 0 Å². The molecule has 0 spiro atoms. The normalized spacial score (nSPS) is 13.4. The molecule has 130 valence electrons. The van der Waals surface area contributed by atoms with Gasteiger partial charge < -0.3 is 16.0 Å². The molecule has 5 heteroatoms. The first kappa shape index (κ1) is 16.4. The van der Waals surface area contributed by atoms with Gasteiger partial charge in [0.25, 0.3) is 5.91 Å². The van der Waals surface area contributed by atoms with E-state index in [0.717, 1.165) is 47.3 Å². The van der Waals surface area contributed by atoms with Crippen molar-refractivity contribution < 1.29 is 4.79 Å². The number of carbonyl (C=O) groups is 1. The van der Waals surface area contributed by atoms with Crippen LogP contribution in [-0.4, -0.2) is 17.4 Å². The van der Waals surface area contributed by atoms with Gasteiger partial charge in [-0.25, -0.2) is 0 Å². The van der Waals surface area contributed by atoms with E-state index in [-0.39, 0.29) is 0 Å². The van der Waals surface area contributed by atoms with Crippen LogP contribution in [0.25, 0.3) is 22.0 Å². The van der Waals surface area contributed by atoms with Crippen LogP contribution in [-0.2, 0) is 13.0 Å². The summed E-state index contributed by atoms with van der Waals surface area (Å²) < 4.78 is 0. The number of aromatic amines is 1. The molecule has 0 bridgehead atoms. The molecule has 1 aliphatic rings. The molecule has 1 aliphatic heterocycles. The lowest BCUT2D eigenvalue weighted by Gasteiger charge is -2.22. The van der Waals surface area contributed by atoms with Crippen LogP contribution in [0.15, 0.2) is 24.3 Å². The monoisotopic (exact) mass is 344 g/mol. The van der Waals surface area contributed by atoms with Gasteiger partial charge in [0.05, 0.1) is 22.7 Å². The first-order valence-electron chi connectivity index (χ1n) is 8.70. The molecule has 0 fully saturated rings. The van der Waals surface area contributed by atoms with Crippen molar-refractivity contribution in [1.29, 1.82) is 5.26 Å². The number of amides is 1. The Labute approximate surface area is 151 Å². The first-order chi connectivity index (χ1) is 12.5. The molecule has 4 N–H and O–H groups in total. The fourth-order valence-electron chi connectivity index (χ4n) is 3.99. The lowest BCUT2D eigenvalue weighted by atomic mass is 9.86. The molecule has 0 aliphatic carbocycles. The van der Waals surface area contributed by atoms with Gasteiger partial charge in [-0.3, -0.25) is 4.79 Å². The molecule has 0 unspecified atom stereocenters. The largest absolute Gasteiger partial charge is 0.366 e. The molecular formula is C21H20N4O. The van der Waals surface area contributed by atoms with Gasteiger partial charge in [0, 0.05) is 23.2 Å². The quantitative estimate of drug-likeness (QED) is 0.667. The predicted octanol–water partition coefficient (Wildman–Crippen LogP) is 3.07. The van der Waals surface area contributed by atoms with Crippen molar-refractivity contribution in [2.75, 3.05) is 6.54 Å². The van der Waals surface area contributed by atoms with Crippen molar-refractivity contribution in [1.82, 2.24) is 10.3 Å². The summed E-state index contributed by atoms with van der Waals surface area (Å²) in [7, 11) is 0. The second kappa shape index (κ2) is 6.01. The van der Waals surface area contributed by atoms with E-state index in [1.807, 2.05) is 19.9 Å². The van der Waals surface area contributed by atoms with Gasteiger partial charge in [-0.2, -0.15) is 5.26 Å². The highest BCUT2D eigenvalue weighted by atomic mass is 16.1. The fourth-order valence-corrected chi connectivity index (χ4v) is 3.99. The number of aryl methyl sites for hydroxylation is 2. The third-order valence-corrected chi connectivity index (χ3v) is 5.37. The number of nitrogens with two attached hydrogens (primary N) is 1. The maximum absolute atomic E-state index is 12.0. The zero-order valence-electron chi connectivity index (χ0n) is 14.9. The summed E-state index contributed by atoms with van der Waals surface area (Å²) in [6.07, 6.45) is 0.915. The number of rotatable bonds is 2. The molecule has 5 nitrogen and oxygen atoms in total. The Balaban J connectivity index is 2.16. The standard InChI is InChI=1S/C21H20N4O/c1-11-12(2)25-20-17(21(23)26)8-14(9-22)19(18(11)20)16-5-3-4-13-10-24-7-6-15(13)16/h3-5,8,24-25H,6-7,10H2,1-2H3,(H2,23,26). The van der Waals surface area contributed by atoms with Crippen LogP contribution in [0.1, 0.15) is 38.3 Å². The Morgan fingerprint density at radius 1 is 1.31 bits per heavy atom. The summed E-state index contributed by atoms with van der Waals surface area (Å²) in [5.41, 5.74) is 13.7. The smallest absolute Gasteiger partial charge is 0.250 e. The third kappa shape index (κ3) is 2.31. The van der Waals surface area contributed by atoms with E-state index in [4.69, 9.17) is 5.73 Å². The van der Waals surface area contributed by atoms with E-state index >= 15 is 0 Å². The van der Waals surface area contributed by atoms with Gasteiger partial charge in [-0.05, 0) is 55.1 Å². The van der Waals surface area contributed by atoms with Gasteiger partial charge in [-0.1, -0.05) is 18.2 Å². The second-order valence-corrected chi connectivity index (χ2v) is 6.82. The van der Waals surface area contributed by atoms with E-state index in [1.165, 1.54) is 11.1 Å². The van der Waals surface area contributed by atoms with Crippen LogP contribution in [0.5, 0.6) is 0 Å². The Kier molecular flexibility index (Phi) is 3.78. The van der Waals surface area contributed by atoms with E-state index in [1.54, 1.807) is 6.07 Å². The zero-order valence-corrected chi connectivity index (χ0v) is 14.9. The number of hydrogen-bond acceptors (Lipinski definition) is 3. The van der Waals surface area contributed by atoms with Crippen molar-refractivity contribution in [2.45, 2.75) is 26.8 Å². The molecule has 1 amide bonds. The lowest BCUT2D eigenvalue weighted by molar-refractivity contribution is 0.100. The average molecular weight is 344 g/mol. The molecule has 0 saturated carbocycles. The highest BCUT2D eigenvalue weighted by molar-refractivity contribution is 6.12. The average Bonchev–Trinajstić information content (AvgIpc) is 2.94. The van der Waals surface area contributed by atoms with E-state index in [9.17, 15) is 10.1 Å². The Bertz CT molecular complexity index is 1100. The van der Waals surface area contributed by atoms with Gasteiger partial charge in [-0.15, -0.1) is 0 Å². The number of fused-ring (bicyclic) bond motifs is 2. The van der Waals surface area contributed by atoms with E-state index in [2.05, 4.69) is 28.5 Å². The second-order valence-electron chi connectivity index (χ2n) is 6.82. The van der Waals surface area contributed by atoms with Crippen molar-refractivity contribution >= 4 is 16.8 Å². The number of H-pyrrole nitrogens is 1. The van der Waals surface area contributed by atoms with Crippen molar-refractivity contribution in [3.8, 4) is 17.2 Å². The van der Waals surface area contributed by atoms with Crippen LogP contribution < -0.4 is 11.1 Å². The molecule has 2 heterocycles. The van der Waals surface area contributed by atoms with Crippen LogP contribution in [0.3, 0.4) is 0 Å². The van der Waals surface area contributed by atoms with E-state index in [0.29, 0.717) is 16.6 Å². The highest BCUT2D eigenvalue weighted by Crippen LogP contribution is 2.40. The number of hydrogen-bond donors (Lipinski definition) is 3. The van der Waals surface area contributed by atoms with Crippen LogP contribution in [0.2, 0.25) is 0 Å². The van der Waals surface area contributed by atoms with Crippen LogP contribution in [0.4, 0.5) is 0 Å². The van der Waals surface area contributed by atoms with Crippen molar-refractivity contribution in [2.24, 2.45) is 5.73 Å². The lowest BCUT2D eigenvalue weighted by Crippen LogP contribution is -2.24. The number of primary amides is 1. The number of nitriles is 1. The molecule has 0 radical (unpaired) electrons. The van der Waals surface area contributed by atoms with Crippen LogP contribution in [0, 0.1) is 25.2 Å². The molecule has 0 saturated heterocycles. The SMILES string of the molecule is Cc1[nH]c2c(C(N)=O)cc(C#N)c(-c3cccc4c3CCNC4)c2c1C. The molecular weight excluding hydrogens is 324 g/mol. The minimum absolute atomic E-state index is 0.364. The molecule has 0 atom stereocenters. The number of carbonyl (C=O) groups excluding carboxylic acids is 1. The number of benzene rings is 2. The number of nitrogens with one attached hydrogen (secondary N) is 2. The van der Waals surface area contributed by atoms with Gasteiger partial charge in [0.2, 0.25) is 0 Å². The molecule has 4 rings (SSSR count). The Morgan fingerprint density at radius 3 is 2.85 bits per heavy atom. The summed E-state index contributed by atoms with van der Waals surface area (Å²) >= 11 is 0. The minimum atomic E-state index is -0.529. The predicted molar refractivity (Wildman–Crippen MR) is 102 cm³/mol. The summed E-state index contributed by atoms with van der Waals surface area (Å²) in [4.78, 5) is 15.3. The Hall–Kier alpha value is -3.10. The molecule has 3 aromatic rings. The van der Waals surface area contributed by atoms with E-state index < -0.39 is 5.91 Å². The molecule has 1 aromatic heterocycles. The van der Waals surface area contributed by atoms with Gasteiger partial charge in [0.1, 0.15) is 0 Å². The summed E-state index contributed by atoms with van der Waals surface area (Å²) in [6.45, 7) is 5.74. The highest BCUT2D eigenvalue weighted by Gasteiger charge is 2.23. The van der Waals surface area contributed by atoms with Crippen molar-refractivity contribution in [3.05, 3.63) is 57.8 Å². The number of aromatic nitrogens is 1. The summed E-state index contributed by atoms with van der Waals surface area (Å²) in [6, 6.07) is 10.1. The minimum Gasteiger partial charge on any atom is -0.366 e. The number of nitrogens with zero attached hydrogens (tertiary/aromatic N) is 1.